The van der Waals surface area contributed by atoms with Crippen molar-refractivity contribution >= 4 is 21.8 Å². The minimum Gasteiger partial charge on any atom is -0.336 e. The van der Waals surface area contributed by atoms with Crippen molar-refractivity contribution in [2.45, 2.75) is 33.2 Å². The van der Waals surface area contributed by atoms with Crippen LogP contribution in [0.5, 0.6) is 0 Å². The molecule has 0 fully saturated rings. The highest BCUT2D eigenvalue weighted by molar-refractivity contribution is 9.10. The number of rotatable bonds is 4. The van der Waals surface area contributed by atoms with Gasteiger partial charge < -0.3 is 4.90 Å². The summed E-state index contributed by atoms with van der Waals surface area (Å²) < 4.78 is 14.2. The lowest BCUT2D eigenvalue weighted by Crippen LogP contribution is -2.38. The van der Waals surface area contributed by atoms with Crippen molar-refractivity contribution < 1.29 is 9.18 Å². The summed E-state index contributed by atoms with van der Waals surface area (Å²) in [7, 11) is 0. The van der Waals surface area contributed by atoms with Gasteiger partial charge in [-0.1, -0.05) is 13.0 Å². The summed E-state index contributed by atoms with van der Waals surface area (Å²) in [6.07, 6.45) is 0.853. The monoisotopic (exact) mass is 301 g/mol. The maximum absolute atomic E-state index is 13.7. The second-order valence-electron chi connectivity index (χ2n) is 3.95. The molecule has 0 saturated heterocycles. The van der Waals surface area contributed by atoms with Gasteiger partial charge in [-0.2, -0.15) is 0 Å². The molecule has 4 heteroatoms. The number of amides is 1. The molecule has 1 rings (SSSR count). The van der Waals surface area contributed by atoms with Crippen molar-refractivity contribution in [3.8, 4) is 0 Å². The topological polar surface area (TPSA) is 20.3 Å². The third-order valence-electron chi connectivity index (χ3n) is 2.90. The zero-order valence-corrected chi connectivity index (χ0v) is 11.9. The van der Waals surface area contributed by atoms with Crippen molar-refractivity contribution in [3.63, 3.8) is 0 Å². The number of carbonyl (C=O) groups excluding carboxylic acids is 1. The van der Waals surface area contributed by atoms with E-state index in [1.165, 1.54) is 6.07 Å². The van der Waals surface area contributed by atoms with Crippen LogP contribution < -0.4 is 0 Å². The van der Waals surface area contributed by atoms with Crippen molar-refractivity contribution in [3.05, 3.63) is 34.1 Å². The average molecular weight is 302 g/mol. The quantitative estimate of drug-likeness (QED) is 0.827. The summed E-state index contributed by atoms with van der Waals surface area (Å²) in [5, 5.41) is 0. The lowest BCUT2D eigenvalue weighted by Gasteiger charge is -2.27. The number of halogens is 2. The average Bonchev–Trinajstić information content (AvgIpc) is 2.29. The van der Waals surface area contributed by atoms with Gasteiger partial charge in [0.25, 0.3) is 5.91 Å². The molecule has 0 N–H and O–H groups in total. The molecule has 0 aliphatic heterocycles. The Morgan fingerprint density at radius 1 is 1.47 bits per heavy atom. The molecule has 1 aromatic carbocycles. The van der Waals surface area contributed by atoms with Crippen LogP contribution in [0.1, 0.15) is 37.6 Å². The maximum atomic E-state index is 13.7. The molecular weight excluding hydrogens is 285 g/mol. The largest absolute Gasteiger partial charge is 0.336 e. The lowest BCUT2D eigenvalue weighted by molar-refractivity contribution is 0.0694. The molecule has 1 atom stereocenters. The van der Waals surface area contributed by atoms with E-state index in [1.807, 2.05) is 20.8 Å². The lowest BCUT2D eigenvalue weighted by atomic mass is 10.1. The molecule has 0 aliphatic carbocycles. The highest BCUT2D eigenvalue weighted by atomic mass is 79.9. The van der Waals surface area contributed by atoms with E-state index in [4.69, 9.17) is 0 Å². The van der Waals surface area contributed by atoms with Crippen LogP contribution in [0.15, 0.2) is 22.7 Å². The minimum absolute atomic E-state index is 0.110. The molecule has 94 valence electrons. The number of carbonyl (C=O) groups is 1. The van der Waals surface area contributed by atoms with E-state index >= 15 is 0 Å². The van der Waals surface area contributed by atoms with Crippen LogP contribution in [-0.4, -0.2) is 23.4 Å². The molecule has 0 aromatic heterocycles. The maximum Gasteiger partial charge on any atom is 0.258 e. The SMILES string of the molecule is CCC(C)N(CC)C(=O)c1c(F)cccc1Br. The van der Waals surface area contributed by atoms with Crippen LogP contribution in [0, 0.1) is 5.82 Å². The van der Waals surface area contributed by atoms with E-state index in [0.29, 0.717) is 11.0 Å². The van der Waals surface area contributed by atoms with Crippen LogP contribution in [0.4, 0.5) is 4.39 Å². The standard InChI is InChI=1S/C13H17BrFNO/c1-4-9(3)16(5-2)13(17)12-10(14)7-6-8-11(12)15/h6-9H,4-5H2,1-3H3. The molecule has 0 bridgehead atoms. The summed E-state index contributed by atoms with van der Waals surface area (Å²) in [4.78, 5) is 14.0. The third kappa shape index (κ3) is 3.06. The highest BCUT2D eigenvalue weighted by Gasteiger charge is 2.23. The second-order valence-corrected chi connectivity index (χ2v) is 4.80. The summed E-state index contributed by atoms with van der Waals surface area (Å²) >= 11 is 3.23. The first-order valence-electron chi connectivity index (χ1n) is 5.77. The Morgan fingerprint density at radius 2 is 2.12 bits per heavy atom. The Hall–Kier alpha value is -0.900. The van der Waals surface area contributed by atoms with Crippen LogP contribution in [0.2, 0.25) is 0 Å². The van der Waals surface area contributed by atoms with E-state index in [-0.39, 0.29) is 17.5 Å². The van der Waals surface area contributed by atoms with Crippen molar-refractivity contribution in [2.75, 3.05) is 6.54 Å². The predicted molar refractivity (Wildman–Crippen MR) is 70.6 cm³/mol. The van der Waals surface area contributed by atoms with Gasteiger partial charge in [-0.15, -0.1) is 0 Å². The molecule has 1 amide bonds. The van der Waals surface area contributed by atoms with Crippen LogP contribution >= 0.6 is 15.9 Å². The first-order valence-corrected chi connectivity index (χ1v) is 6.57. The molecule has 0 heterocycles. The van der Waals surface area contributed by atoms with Crippen molar-refractivity contribution in [1.82, 2.24) is 4.90 Å². The van der Waals surface area contributed by atoms with Gasteiger partial charge in [-0.25, -0.2) is 4.39 Å². The zero-order chi connectivity index (χ0) is 13.0. The zero-order valence-electron chi connectivity index (χ0n) is 10.3. The number of nitrogens with zero attached hydrogens (tertiary/aromatic N) is 1. The Bertz CT molecular complexity index is 388. The molecule has 0 aliphatic rings. The molecule has 0 saturated carbocycles. The molecule has 2 nitrogen and oxygen atoms in total. The van der Waals surface area contributed by atoms with Gasteiger partial charge in [0.05, 0.1) is 5.56 Å². The molecule has 0 radical (unpaired) electrons. The fourth-order valence-corrected chi connectivity index (χ4v) is 2.23. The Balaban J connectivity index is 3.10. The van der Waals surface area contributed by atoms with Gasteiger partial charge in [0, 0.05) is 17.1 Å². The van der Waals surface area contributed by atoms with E-state index < -0.39 is 5.82 Å². The smallest absolute Gasteiger partial charge is 0.258 e. The molecule has 1 aromatic rings. The van der Waals surface area contributed by atoms with E-state index in [2.05, 4.69) is 15.9 Å². The van der Waals surface area contributed by atoms with Gasteiger partial charge in [0.2, 0.25) is 0 Å². The third-order valence-corrected chi connectivity index (χ3v) is 3.56. The normalized spacial score (nSPS) is 12.3. The first-order chi connectivity index (χ1) is 8.02. The molecule has 1 unspecified atom stereocenters. The molecular formula is C13H17BrFNO. The number of hydrogen-bond donors (Lipinski definition) is 0. The summed E-state index contributed by atoms with van der Waals surface area (Å²) in [6, 6.07) is 4.68. The summed E-state index contributed by atoms with van der Waals surface area (Å²) in [6.45, 7) is 6.46. The minimum atomic E-state index is -0.480. The second kappa shape index (κ2) is 6.15. The van der Waals surface area contributed by atoms with Gasteiger partial charge in [0.1, 0.15) is 5.82 Å². The Kier molecular flexibility index (Phi) is 5.12. The highest BCUT2D eigenvalue weighted by Crippen LogP contribution is 2.22. The van der Waals surface area contributed by atoms with Crippen LogP contribution in [0.25, 0.3) is 0 Å². The van der Waals surface area contributed by atoms with Crippen LogP contribution in [-0.2, 0) is 0 Å². The Morgan fingerprint density at radius 3 is 2.59 bits per heavy atom. The van der Waals surface area contributed by atoms with Gasteiger partial charge >= 0.3 is 0 Å². The van der Waals surface area contributed by atoms with Crippen molar-refractivity contribution in [2.24, 2.45) is 0 Å². The summed E-state index contributed by atoms with van der Waals surface area (Å²) in [5.41, 5.74) is 0.120. The van der Waals surface area contributed by atoms with Gasteiger partial charge in [0.15, 0.2) is 0 Å². The molecule has 17 heavy (non-hydrogen) atoms. The van der Waals surface area contributed by atoms with Crippen molar-refractivity contribution in [1.29, 1.82) is 0 Å². The Labute approximate surface area is 110 Å². The fourth-order valence-electron chi connectivity index (χ4n) is 1.72. The summed E-state index contributed by atoms with van der Waals surface area (Å²) in [5.74, 6) is -0.738. The van der Waals surface area contributed by atoms with Gasteiger partial charge in [-0.05, 0) is 48.3 Å². The van der Waals surface area contributed by atoms with E-state index in [0.717, 1.165) is 6.42 Å². The number of benzene rings is 1. The molecule has 0 spiro atoms. The van der Waals surface area contributed by atoms with Crippen LogP contribution in [0.3, 0.4) is 0 Å². The first kappa shape index (κ1) is 14.2. The van der Waals surface area contributed by atoms with E-state index in [9.17, 15) is 9.18 Å². The predicted octanol–water partition coefficient (Wildman–Crippen LogP) is 3.85. The van der Waals surface area contributed by atoms with E-state index in [1.54, 1.807) is 17.0 Å². The van der Waals surface area contributed by atoms with Gasteiger partial charge in [-0.3, -0.25) is 4.79 Å². The number of hydrogen-bond acceptors (Lipinski definition) is 1. The fraction of sp³-hybridized carbons (Fsp3) is 0.462.